The van der Waals surface area contributed by atoms with Gasteiger partial charge in [0.2, 0.25) is 5.82 Å². The Morgan fingerprint density at radius 3 is 2.51 bits per heavy atom. The molecule has 2 aliphatic carbocycles. The molecule has 0 unspecified atom stereocenters. The number of nitrogens with zero attached hydrogens (tertiary/aromatic N) is 6. The van der Waals surface area contributed by atoms with E-state index in [1.807, 2.05) is 0 Å². The second-order valence-electron chi connectivity index (χ2n) is 23.4. The summed E-state index contributed by atoms with van der Waals surface area (Å²) in [6.07, 6.45) is 10.7. The number of fused-ring (bicyclic) bond motifs is 2. The molecule has 3 aromatic heterocycles. The van der Waals surface area contributed by atoms with Gasteiger partial charge in [-0.25, -0.2) is 22.5 Å². The van der Waals surface area contributed by atoms with Gasteiger partial charge in [0.1, 0.15) is 22.1 Å². The van der Waals surface area contributed by atoms with E-state index in [9.17, 15) is 32.8 Å². The maximum atomic E-state index is 15.0. The minimum atomic E-state index is -4.75. The molecule has 4 fully saturated rings. The Hall–Kier alpha value is -7.07. The highest BCUT2D eigenvalue weighted by atomic mass is 32.2. The van der Waals surface area contributed by atoms with Gasteiger partial charge in [0.25, 0.3) is 21.8 Å². The highest BCUT2D eigenvalue weighted by Gasteiger charge is 2.50. The molecular formula is C60H72FN9O10S. The Morgan fingerprint density at radius 1 is 0.988 bits per heavy atom. The summed E-state index contributed by atoms with van der Waals surface area (Å²) in [5.41, 5.74) is 4.80. The van der Waals surface area contributed by atoms with Crippen molar-refractivity contribution in [2.45, 2.75) is 120 Å². The number of amides is 1. The van der Waals surface area contributed by atoms with Gasteiger partial charge >= 0.3 is 5.69 Å². The average molecular weight is 1130 g/mol. The number of halogens is 1. The fourth-order valence-corrected chi connectivity index (χ4v) is 13.9. The summed E-state index contributed by atoms with van der Waals surface area (Å²) in [6.45, 7) is 12.5. The Kier molecular flexibility index (Phi) is 15.6. The largest absolute Gasteiger partial charge is 0.493 e. The lowest BCUT2D eigenvalue weighted by Crippen LogP contribution is -2.60. The van der Waals surface area contributed by atoms with Crippen LogP contribution >= 0.6 is 0 Å². The van der Waals surface area contributed by atoms with Crippen molar-refractivity contribution in [3.63, 3.8) is 0 Å². The zero-order chi connectivity index (χ0) is 56.8. The van der Waals surface area contributed by atoms with E-state index in [0.29, 0.717) is 50.8 Å². The van der Waals surface area contributed by atoms with E-state index in [0.717, 1.165) is 113 Å². The normalized spacial score (nSPS) is 21.5. The van der Waals surface area contributed by atoms with Crippen molar-refractivity contribution in [3.05, 3.63) is 123 Å². The third-order valence-corrected chi connectivity index (χ3v) is 18.9. The molecule has 1 atom stereocenters. The highest BCUT2D eigenvalue weighted by molar-refractivity contribution is 7.90. The summed E-state index contributed by atoms with van der Waals surface area (Å²) >= 11 is 0. The Morgan fingerprint density at radius 2 is 1.77 bits per heavy atom. The quantitative estimate of drug-likeness (QED) is 0.0492. The monoisotopic (exact) mass is 1130 g/mol. The minimum absolute atomic E-state index is 0.0161. The van der Waals surface area contributed by atoms with E-state index in [4.69, 9.17) is 18.9 Å². The maximum absolute atomic E-state index is 15.0. The second kappa shape index (κ2) is 22.7. The number of carbonyl (C=O) groups excluding carboxylic acids is 1. The first kappa shape index (κ1) is 55.8. The smallest absolute Gasteiger partial charge is 0.312 e. The molecule has 4 N–H and O–H groups in total. The molecule has 81 heavy (non-hydrogen) atoms. The van der Waals surface area contributed by atoms with Gasteiger partial charge in [-0.1, -0.05) is 44.2 Å². The molecule has 11 rings (SSSR count). The number of benzene rings is 3. The van der Waals surface area contributed by atoms with E-state index >= 15 is 0 Å². The van der Waals surface area contributed by atoms with Crippen LogP contribution in [0.15, 0.2) is 84.0 Å². The molecule has 5 aliphatic rings. The van der Waals surface area contributed by atoms with Gasteiger partial charge in [-0.05, 0) is 129 Å². The second-order valence-corrected chi connectivity index (χ2v) is 25.1. The number of sulfonamides is 1. The van der Waals surface area contributed by atoms with Crippen LogP contribution in [0.1, 0.15) is 123 Å². The number of aryl methyl sites for hydroxylation is 1. The van der Waals surface area contributed by atoms with Crippen molar-refractivity contribution >= 4 is 44.2 Å². The number of anilines is 2. The van der Waals surface area contributed by atoms with E-state index in [1.54, 1.807) is 26.2 Å². The van der Waals surface area contributed by atoms with Crippen LogP contribution < -0.4 is 33.9 Å². The molecule has 6 heterocycles. The van der Waals surface area contributed by atoms with Gasteiger partial charge in [0.15, 0.2) is 17.2 Å². The summed E-state index contributed by atoms with van der Waals surface area (Å²) in [7, 11) is -1.66. The molecule has 2 saturated carbocycles. The molecule has 0 bridgehead atoms. The topological polar surface area (TPSA) is 227 Å². The number of pyridine rings is 2. The molecule has 1 spiro atoms. The lowest BCUT2D eigenvalue weighted by atomic mass is 9.59. The number of piperazine rings is 1. The third-order valence-electron chi connectivity index (χ3n) is 17.6. The van der Waals surface area contributed by atoms with Crippen molar-refractivity contribution in [1.82, 2.24) is 29.5 Å². The number of nitrogens with one attached hydrogen (secondary N) is 3. The van der Waals surface area contributed by atoms with Crippen LogP contribution in [0.3, 0.4) is 0 Å². The molecule has 19 nitrogen and oxygen atoms in total. The Labute approximate surface area is 471 Å². The first-order valence-electron chi connectivity index (χ1n) is 28.2. The molecule has 0 radical (unpaired) electrons. The lowest BCUT2D eigenvalue weighted by Gasteiger charge is -2.58. The molecule has 3 aromatic carbocycles. The van der Waals surface area contributed by atoms with Crippen LogP contribution in [0.25, 0.3) is 11.0 Å². The summed E-state index contributed by atoms with van der Waals surface area (Å²) in [6, 6.07) is 21.2. The first-order valence-corrected chi connectivity index (χ1v) is 29.7. The van der Waals surface area contributed by atoms with Crippen LogP contribution in [0.5, 0.6) is 28.9 Å². The van der Waals surface area contributed by atoms with Crippen LogP contribution in [0.4, 0.5) is 21.6 Å². The Balaban J connectivity index is 0.801. The lowest BCUT2D eigenvalue weighted by molar-refractivity contribution is -0.384. The number of hydrogen-bond donors (Lipinski definition) is 4. The minimum Gasteiger partial charge on any atom is -0.493 e. The summed E-state index contributed by atoms with van der Waals surface area (Å²) in [5.74, 6) is 0.300. The number of aromatic amines is 1. The number of aliphatic hydroxyl groups is 1. The van der Waals surface area contributed by atoms with Gasteiger partial charge in [0.05, 0.1) is 48.5 Å². The molecular weight excluding hydrogens is 1060 g/mol. The summed E-state index contributed by atoms with van der Waals surface area (Å²) in [5, 5.41) is 25.7. The number of aromatic nitrogens is 3. The average Bonchev–Trinajstić information content (AvgIpc) is 3.85. The number of hydrogen-bond acceptors (Lipinski definition) is 16. The van der Waals surface area contributed by atoms with Crippen LogP contribution in [0, 0.1) is 27.3 Å². The summed E-state index contributed by atoms with van der Waals surface area (Å²) < 4.78 is 68.7. The maximum Gasteiger partial charge on any atom is 0.312 e. The predicted molar refractivity (Wildman–Crippen MR) is 305 cm³/mol. The van der Waals surface area contributed by atoms with E-state index in [-0.39, 0.29) is 57.2 Å². The van der Waals surface area contributed by atoms with Crippen molar-refractivity contribution in [2.75, 3.05) is 70.3 Å². The third kappa shape index (κ3) is 11.7. The number of nitro groups is 1. The van der Waals surface area contributed by atoms with E-state index < -0.39 is 42.9 Å². The van der Waals surface area contributed by atoms with Gasteiger partial charge in [-0.3, -0.25) is 24.7 Å². The fourth-order valence-electron chi connectivity index (χ4n) is 13.0. The number of H-pyrrole nitrogens is 1. The van der Waals surface area contributed by atoms with Gasteiger partial charge in [-0.2, -0.15) is 4.98 Å². The van der Waals surface area contributed by atoms with Crippen LogP contribution in [-0.2, 0) is 23.0 Å². The highest BCUT2D eigenvalue weighted by Crippen LogP contribution is 2.54. The van der Waals surface area contributed by atoms with Crippen molar-refractivity contribution in [2.24, 2.45) is 11.3 Å². The van der Waals surface area contributed by atoms with Gasteiger partial charge in [-0.15, -0.1) is 0 Å². The first-order chi connectivity index (χ1) is 38.9. The molecule has 3 aliphatic heterocycles. The molecule has 430 valence electrons. The van der Waals surface area contributed by atoms with E-state index in [1.165, 1.54) is 41.5 Å². The SMILES string of the molecule is COc1cc(CN2CCN(C3CC4(CCN(c5ccc(C(=O)NS(=O)(=O)c6cnc(NCC7CCC(C)(O)CC7)c([N+](=O)[O-])c6)c(Oc6cc7c(F)c[nH]c7nc6OC)c5)CC4)C3)[C@H](c3ccccc3C(C)C)C2)cc2c1OCCC2. The van der Waals surface area contributed by atoms with Crippen molar-refractivity contribution in [1.29, 1.82) is 0 Å². The molecule has 1 amide bonds. The number of ether oxygens (including phenoxy) is 4. The van der Waals surface area contributed by atoms with Crippen molar-refractivity contribution < 1.29 is 46.6 Å². The molecule has 6 aromatic rings. The number of carbonyl (C=O) groups is 1. The van der Waals surface area contributed by atoms with Crippen LogP contribution in [-0.4, -0.2) is 121 Å². The predicted octanol–water partition coefficient (Wildman–Crippen LogP) is 10.0. The fraction of sp³-hybridized carbons (Fsp3) is 0.483. The number of piperidine rings is 1. The number of rotatable bonds is 17. The van der Waals surface area contributed by atoms with Crippen LogP contribution in [0.2, 0.25) is 0 Å². The number of methoxy groups -OCH3 is 2. The van der Waals surface area contributed by atoms with E-state index in [2.05, 4.69) is 89.9 Å². The standard InChI is InChI=1S/C60H72FN9O10S/c1-37(2)44-10-6-7-11-45(44)50-36-67(35-39-25-40-9-8-24-79-54(40)52(26-39)77-4)22-23-69(50)42-30-60(31-42)18-20-68(21-19-60)41-12-13-46(51(27-41)80-53-29-47-48(61)34-64-55(47)65-58(53)78-5)57(71)66-81(75,76)43-28-49(70(73)74)56(63-33-43)62-32-38-14-16-59(3,72)17-15-38/h6-7,10-13,25-29,33-34,37-38,42,50,72H,8-9,14-24,30-32,35-36H2,1-5H3,(H,62,63)(H,64,65)(H,66,71)/t38?,50-,59?/m0/s1. The molecule has 2 saturated heterocycles. The summed E-state index contributed by atoms with van der Waals surface area (Å²) in [4.78, 5) is 44.0. The zero-order valence-electron chi connectivity index (χ0n) is 46.6. The Bertz CT molecular complexity index is 3420. The molecule has 21 heteroatoms. The van der Waals surface area contributed by atoms with Crippen molar-refractivity contribution in [3.8, 4) is 28.9 Å². The van der Waals surface area contributed by atoms with Gasteiger partial charge in [0, 0.05) is 88.0 Å². The van der Waals surface area contributed by atoms with Gasteiger partial charge < -0.3 is 39.3 Å². The zero-order valence-corrected chi connectivity index (χ0v) is 47.5.